The van der Waals surface area contributed by atoms with Crippen molar-refractivity contribution in [1.82, 2.24) is 19.3 Å². The summed E-state index contributed by atoms with van der Waals surface area (Å²) in [5.74, 6) is 0.636. The number of hydrogen-bond donors (Lipinski definition) is 0. The Morgan fingerprint density at radius 2 is 2.09 bits per heavy atom. The summed E-state index contributed by atoms with van der Waals surface area (Å²) < 4.78 is 9.08. The Morgan fingerprint density at radius 3 is 2.82 bits per heavy atom. The van der Waals surface area contributed by atoms with E-state index < -0.39 is 0 Å². The van der Waals surface area contributed by atoms with Gasteiger partial charge in [-0.1, -0.05) is 0 Å². The molecule has 0 atom stereocenters. The molecule has 2 heterocycles. The van der Waals surface area contributed by atoms with Crippen LogP contribution in [0.3, 0.4) is 0 Å². The first-order valence-corrected chi connectivity index (χ1v) is 7.17. The summed E-state index contributed by atoms with van der Waals surface area (Å²) in [4.78, 5) is 16.3. The van der Waals surface area contributed by atoms with Crippen LogP contribution in [0.25, 0.3) is 10.9 Å². The second-order valence-corrected chi connectivity index (χ2v) is 5.51. The number of hydrogen-bond acceptors (Lipinski definition) is 4. The van der Waals surface area contributed by atoms with Crippen molar-refractivity contribution in [2.75, 3.05) is 0 Å². The van der Waals surface area contributed by atoms with Gasteiger partial charge in [-0.3, -0.25) is 9.48 Å². The van der Waals surface area contributed by atoms with Gasteiger partial charge >= 0.3 is 0 Å². The van der Waals surface area contributed by atoms with Crippen LogP contribution in [0.15, 0.2) is 41.6 Å². The number of fused-ring (bicyclic) bond motifs is 1. The van der Waals surface area contributed by atoms with Gasteiger partial charge in [0.15, 0.2) is 0 Å². The van der Waals surface area contributed by atoms with Crippen LogP contribution in [0.1, 0.15) is 25.6 Å². The molecule has 0 amide bonds. The van der Waals surface area contributed by atoms with Gasteiger partial charge in [0.05, 0.1) is 22.9 Å². The van der Waals surface area contributed by atoms with Crippen LogP contribution in [0.4, 0.5) is 0 Å². The highest BCUT2D eigenvalue weighted by Crippen LogP contribution is 2.17. The monoisotopic (exact) mass is 298 g/mol. The predicted molar refractivity (Wildman–Crippen MR) is 83.9 cm³/mol. The first-order valence-electron chi connectivity index (χ1n) is 7.17. The standard InChI is InChI=1S/C16H18N4O2/c1-11(2)20-7-6-12(18-20)9-22-13-4-5-15-14(8-13)16(21)19(3)10-17-15/h4-8,10-11H,9H2,1-3H3. The molecule has 0 spiro atoms. The smallest absolute Gasteiger partial charge is 0.261 e. The molecule has 2 aromatic heterocycles. The van der Waals surface area contributed by atoms with E-state index in [9.17, 15) is 4.79 Å². The Bertz CT molecular complexity index is 864. The molecule has 0 fully saturated rings. The molecule has 22 heavy (non-hydrogen) atoms. The average molecular weight is 298 g/mol. The van der Waals surface area contributed by atoms with Gasteiger partial charge in [-0.15, -0.1) is 0 Å². The predicted octanol–water partition coefficient (Wildman–Crippen LogP) is 2.29. The van der Waals surface area contributed by atoms with Gasteiger partial charge in [-0.25, -0.2) is 4.98 Å². The lowest BCUT2D eigenvalue weighted by atomic mass is 10.2. The maximum Gasteiger partial charge on any atom is 0.261 e. The van der Waals surface area contributed by atoms with E-state index in [-0.39, 0.29) is 5.56 Å². The van der Waals surface area contributed by atoms with Crippen molar-refractivity contribution in [3.8, 4) is 5.75 Å². The Hall–Kier alpha value is -2.63. The minimum atomic E-state index is -0.0838. The van der Waals surface area contributed by atoms with Crippen molar-refractivity contribution in [2.45, 2.75) is 26.5 Å². The van der Waals surface area contributed by atoms with E-state index in [1.807, 2.05) is 23.0 Å². The van der Waals surface area contributed by atoms with Crippen LogP contribution < -0.4 is 10.3 Å². The fourth-order valence-corrected chi connectivity index (χ4v) is 2.18. The Morgan fingerprint density at radius 1 is 1.27 bits per heavy atom. The fourth-order valence-electron chi connectivity index (χ4n) is 2.18. The summed E-state index contributed by atoms with van der Waals surface area (Å²) in [6.45, 7) is 4.51. The number of ether oxygens (including phenoxy) is 1. The number of aromatic nitrogens is 4. The molecular formula is C16H18N4O2. The van der Waals surface area contributed by atoms with E-state index in [0.29, 0.717) is 29.3 Å². The summed E-state index contributed by atoms with van der Waals surface area (Å²) in [5, 5.41) is 4.98. The van der Waals surface area contributed by atoms with Crippen LogP contribution in [0, 0.1) is 0 Å². The van der Waals surface area contributed by atoms with E-state index in [4.69, 9.17) is 4.74 Å². The first-order chi connectivity index (χ1) is 10.5. The summed E-state index contributed by atoms with van der Waals surface area (Å²) in [6, 6.07) is 7.59. The third-order valence-electron chi connectivity index (χ3n) is 3.47. The van der Waals surface area contributed by atoms with E-state index in [0.717, 1.165) is 5.69 Å². The third kappa shape index (κ3) is 2.72. The zero-order valence-electron chi connectivity index (χ0n) is 12.9. The molecule has 0 unspecified atom stereocenters. The quantitative estimate of drug-likeness (QED) is 0.741. The van der Waals surface area contributed by atoms with Crippen LogP contribution in [0.2, 0.25) is 0 Å². The molecule has 0 aliphatic heterocycles. The minimum absolute atomic E-state index is 0.0838. The SMILES string of the molecule is CC(C)n1ccc(COc2ccc3ncn(C)c(=O)c3c2)n1. The molecule has 0 N–H and O–H groups in total. The molecule has 6 heteroatoms. The van der Waals surface area contributed by atoms with Crippen LogP contribution in [-0.4, -0.2) is 19.3 Å². The lowest BCUT2D eigenvalue weighted by Gasteiger charge is -2.07. The highest BCUT2D eigenvalue weighted by atomic mass is 16.5. The van der Waals surface area contributed by atoms with Crippen LogP contribution >= 0.6 is 0 Å². The Balaban J connectivity index is 1.81. The van der Waals surface area contributed by atoms with E-state index >= 15 is 0 Å². The molecule has 114 valence electrons. The van der Waals surface area contributed by atoms with Gasteiger partial charge < -0.3 is 9.30 Å². The molecule has 3 aromatic rings. The lowest BCUT2D eigenvalue weighted by Crippen LogP contribution is -2.16. The number of aryl methyl sites for hydroxylation is 1. The highest BCUT2D eigenvalue weighted by molar-refractivity contribution is 5.78. The maximum absolute atomic E-state index is 12.1. The van der Waals surface area contributed by atoms with Gasteiger partial charge in [0.25, 0.3) is 5.56 Å². The third-order valence-corrected chi connectivity index (χ3v) is 3.47. The summed E-state index contributed by atoms with van der Waals surface area (Å²) in [6.07, 6.45) is 3.45. The average Bonchev–Trinajstić information content (AvgIpc) is 2.98. The zero-order valence-corrected chi connectivity index (χ0v) is 12.9. The van der Waals surface area contributed by atoms with Crippen molar-refractivity contribution in [2.24, 2.45) is 7.05 Å². The van der Waals surface area contributed by atoms with E-state index in [1.54, 1.807) is 19.2 Å². The molecule has 1 aromatic carbocycles. The fraction of sp³-hybridized carbons (Fsp3) is 0.312. The summed E-state index contributed by atoms with van der Waals surface area (Å²) >= 11 is 0. The second kappa shape index (κ2) is 5.63. The maximum atomic E-state index is 12.1. The van der Waals surface area contributed by atoms with Crippen molar-refractivity contribution in [1.29, 1.82) is 0 Å². The molecule has 0 aliphatic carbocycles. The summed E-state index contributed by atoms with van der Waals surface area (Å²) in [5.41, 5.74) is 1.44. The van der Waals surface area contributed by atoms with Gasteiger partial charge in [0, 0.05) is 19.3 Å². The largest absolute Gasteiger partial charge is 0.487 e. The topological polar surface area (TPSA) is 61.9 Å². The molecule has 0 bridgehead atoms. The van der Waals surface area contributed by atoms with E-state index in [2.05, 4.69) is 23.9 Å². The zero-order chi connectivity index (χ0) is 15.7. The molecule has 3 rings (SSSR count). The van der Waals surface area contributed by atoms with Crippen molar-refractivity contribution >= 4 is 10.9 Å². The van der Waals surface area contributed by atoms with E-state index in [1.165, 1.54) is 10.9 Å². The highest BCUT2D eigenvalue weighted by Gasteiger charge is 2.06. The van der Waals surface area contributed by atoms with Gasteiger partial charge in [0.2, 0.25) is 0 Å². The van der Waals surface area contributed by atoms with Crippen molar-refractivity contribution in [3.05, 3.63) is 52.8 Å². The minimum Gasteiger partial charge on any atom is -0.487 e. The molecule has 0 saturated heterocycles. The second-order valence-electron chi connectivity index (χ2n) is 5.51. The van der Waals surface area contributed by atoms with Gasteiger partial charge in [-0.2, -0.15) is 5.10 Å². The number of nitrogens with zero attached hydrogens (tertiary/aromatic N) is 4. The van der Waals surface area contributed by atoms with Crippen molar-refractivity contribution in [3.63, 3.8) is 0 Å². The molecular weight excluding hydrogens is 280 g/mol. The van der Waals surface area contributed by atoms with Crippen LogP contribution in [-0.2, 0) is 13.7 Å². The molecule has 0 saturated carbocycles. The summed E-state index contributed by atoms with van der Waals surface area (Å²) in [7, 11) is 1.68. The molecule has 6 nitrogen and oxygen atoms in total. The molecule has 0 aliphatic rings. The Kier molecular flexibility index (Phi) is 3.66. The Labute approximate surface area is 128 Å². The number of rotatable bonds is 4. The first kappa shape index (κ1) is 14.3. The van der Waals surface area contributed by atoms with Gasteiger partial charge in [-0.05, 0) is 38.1 Å². The lowest BCUT2D eigenvalue weighted by molar-refractivity contribution is 0.299. The number of benzene rings is 1. The normalized spacial score (nSPS) is 11.3. The molecule has 0 radical (unpaired) electrons. The van der Waals surface area contributed by atoms with Crippen LogP contribution in [0.5, 0.6) is 5.75 Å². The van der Waals surface area contributed by atoms with Crippen molar-refractivity contribution < 1.29 is 4.74 Å². The van der Waals surface area contributed by atoms with Gasteiger partial charge in [0.1, 0.15) is 12.4 Å².